The summed E-state index contributed by atoms with van der Waals surface area (Å²) in [5, 5.41) is 3.85. The smallest absolute Gasteiger partial charge is 0.245 e. The highest BCUT2D eigenvalue weighted by Gasteiger charge is 2.30. The third-order valence-corrected chi connectivity index (χ3v) is 5.25. The standard InChI is InChI=1S/C17H16F2N4O3S/c1-10(2)15(17-21-16(22-26-17)11-5-7-20-8-6-11)23-27(24,25)14-4-3-12(18)9-13(14)19/h3-10,15,23H,1-2H3/t15-/m1/s1. The second-order valence-electron chi connectivity index (χ2n) is 6.11. The van der Waals surface area contributed by atoms with Crippen LogP contribution in [0, 0.1) is 17.6 Å². The van der Waals surface area contributed by atoms with Crippen molar-refractivity contribution in [2.75, 3.05) is 0 Å². The number of hydrogen-bond acceptors (Lipinski definition) is 6. The van der Waals surface area contributed by atoms with Gasteiger partial charge in [-0.15, -0.1) is 0 Å². The van der Waals surface area contributed by atoms with Crippen molar-refractivity contribution in [1.82, 2.24) is 19.8 Å². The van der Waals surface area contributed by atoms with E-state index in [0.717, 1.165) is 12.1 Å². The van der Waals surface area contributed by atoms with E-state index >= 15 is 0 Å². The molecule has 0 saturated carbocycles. The van der Waals surface area contributed by atoms with E-state index in [9.17, 15) is 17.2 Å². The quantitative estimate of drug-likeness (QED) is 0.690. The van der Waals surface area contributed by atoms with E-state index in [-0.39, 0.29) is 17.6 Å². The molecule has 10 heteroatoms. The Morgan fingerprint density at radius 3 is 2.44 bits per heavy atom. The van der Waals surface area contributed by atoms with Crippen LogP contribution in [0.25, 0.3) is 11.4 Å². The van der Waals surface area contributed by atoms with Crippen LogP contribution >= 0.6 is 0 Å². The summed E-state index contributed by atoms with van der Waals surface area (Å²) in [6, 6.07) is 4.70. The van der Waals surface area contributed by atoms with Crippen molar-refractivity contribution in [3.8, 4) is 11.4 Å². The zero-order valence-corrected chi connectivity index (χ0v) is 15.2. The summed E-state index contributed by atoms with van der Waals surface area (Å²) in [5.41, 5.74) is 0.648. The highest BCUT2D eigenvalue weighted by atomic mass is 32.2. The van der Waals surface area contributed by atoms with Crippen LogP contribution in [0.1, 0.15) is 25.8 Å². The number of nitrogens with zero attached hydrogens (tertiary/aromatic N) is 3. The first-order valence-electron chi connectivity index (χ1n) is 7.99. The molecular formula is C17H16F2N4O3S. The Balaban J connectivity index is 1.92. The lowest BCUT2D eigenvalue weighted by atomic mass is 10.1. The van der Waals surface area contributed by atoms with Gasteiger partial charge in [0.1, 0.15) is 22.6 Å². The van der Waals surface area contributed by atoms with Gasteiger partial charge in [-0.2, -0.15) is 9.71 Å². The van der Waals surface area contributed by atoms with E-state index in [1.54, 1.807) is 38.4 Å². The number of hydrogen-bond donors (Lipinski definition) is 1. The molecule has 0 radical (unpaired) electrons. The monoisotopic (exact) mass is 394 g/mol. The molecule has 27 heavy (non-hydrogen) atoms. The Hall–Kier alpha value is -2.72. The SMILES string of the molecule is CC(C)[C@@H](NS(=O)(=O)c1ccc(F)cc1F)c1nc(-c2ccncc2)no1. The number of pyridine rings is 1. The topological polar surface area (TPSA) is 98.0 Å². The van der Waals surface area contributed by atoms with Crippen molar-refractivity contribution < 1.29 is 21.7 Å². The largest absolute Gasteiger partial charge is 0.337 e. The molecule has 3 rings (SSSR count). The summed E-state index contributed by atoms with van der Waals surface area (Å²) in [7, 11) is -4.28. The number of halogens is 2. The minimum Gasteiger partial charge on any atom is -0.337 e. The Morgan fingerprint density at radius 2 is 1.81 bits per heavy atom. The van der Waals surface area contributed by atoms with Crippen molar-refractivity contribution in [3.05, 3.63) is 60.3 Å². The maximum Gasteiger partial charge on any atom is 0.245 e. The van der Waals surface area contributed by atoms with E-state index in [0.29, 0.717) is 11.6 Å². The third kappa shape index (κ3) is 4.17. The molecule has 0 amide bonds. The fraction of sp³-hybridized carbons (Fsp3) is 0.235. The highest BCUT2D eigenvalue weighted by Crippen LogP contribution is 2.26. The van der Waals surface area contributed by atoms with Gasteiger partial charge in [-0.25, -0.2) is 17.2 Å². The van der Waals surface area contributed by atoms with Crippen LogP contribution in [-0.2, 0) is 10.0 Å². The summed E-state index contributed by atoms with van der Waals surface area (Å²) in [4.78, 5) is 7.46. The van der Waals surface area contributed by atoms with Crippen LogP contribution in [0.15, 0.2) is 52.1 Å². The van der Waals surface area contributed by atoms with E-state index in [4.69, 9.17) is 4.52 Å². The molecule has 2 aromatic heterocycles. The molecule has 0 spiro atoms. The summed E-state index contributed by atoms with van der Waals surface area (Å²) in [6.45, 7) is 3.48. The zero-order valence-electron chi connectivity index (χ0n) is 14.4. The molecule has 0 saturated heterocycles. The summed E-state index contributed by atoms with van der Waals surface area (Å²) in [6.07, 6.45) is 3.12. The Bertz CT molecular complexity index is 1040. The maximum absolute atomic E-state index is 13.9. The molecule has 3 aromatic rings. The van der Waals surface area contributed by atoms with Gasteiger partial charge in [0, 0.05) is 24.0 Å². The summed E-state index contributed by atoms with van der Waals surface area (Å²) in [5.74, 6) is -2.04. The van der Waals surface area contributed by atoms with Gasteiger partial charge in [-0.1, -0.05) is 19.0 Å². The average molecular weight is 394 g/mol. The first-order valence-corrected chi connectivity index (χ1v) is 9.47. The van der Waals surface area contributed by atoms with E-state index in [2.05, 4.69) is 19.8 Å². The fourth-order valence-corrected chi connectivity index (χ4v) is 3.77. The second-order valence-corrected chi connectivity index (χ2v) is 7.79. The van der Waals surface area contributed by atoms with Crippen molar-refractivity contribution in [1.29, 1.82) is 0 Å². The van der Waals surface area contributed by atoms with Crippen molar-refractivity contribution >= 4 is 10.0 Å². The Morgan fingerprint density at radius 1 is 1.11 bits per heavy atom. The molecule has 1 atom stereocenters. The first kappa shape index (κ1) is 19.1. The van der Waals surface area contributed by atoms with Gasteiger partial charge in [0.05, 0.1) is 0 Å². The third-order valence-electron chi connectivity index (χ3n) is 3.78. The highest BCUT2D eigenvalue weighted by molar-refractivity contribution is 7.89. The summed E-state index contributed by atoms with van der Waals surface area (Å²) < 4.78 is 59.6. The lowest BCUT2D eigenvalue weighted by molar-refractivity contribution is 0.311. The normalized spacial score (nSPS) is 13.1. The van der Waals surface area contributed by atoms with Gasteiger partial charge in [-0.3, -0.25) is 4.98 Å². The molecule has 1 aromatic carbocycles. The average Bonchev–Trinajstić information content (AvgIpc) is 3.09. The van der Waals surface area contributed by atoms with E-state index in [1.807, 2.05) is 0 Å². The Labute approximate surface area is 154 Å². The molecule has 0 aliphatic heterocycles. The van der Waals surface area contributed by atoms with Crippen LogP contribution in [0.2, 0.25) is 0 Å². The minimum atomic E-state index is -4.28. The van der Waals surface area contributed by atoms with Crippen LogP contribution in [-0.4, -0.2) is 23.5 Å². The fourth-order valence-electron chi connectivity index (χ4n) is 2.38. The molecule has 2 heterocycles. The van der Waals surface area contributed by atoms with Gasteiger partial charge in [0.15, 0.2) is 0 Å². The predicted molar refractivity (Wildman–Crippen MR) is 91.8 cm³/mol. The number of benzene rings is 1. The summed E-state index contributed by atoms with van der Waals surface area (Å²) >= 11 is 0. The lowest BCUT2D eigenvalue weighted by Gasteiger charge is -2.18. The molecule has 1 N–H and O–H groups in total. The second kappa shape index (κ2) is 7.49. The molecule has 0 aliphatic rings. The van der Waals surface area contributed by atoms with Crippen molar-refractivity contribution in [3.63, 3.8) is 0 Å². The number of sulfonamides is 1. The van der Waals surface area contributed by atoms with Gasteiger partial charge in [0.2, 0.25) is 21.7 Å². The molecule has 142 valence electrons. The van der Waals surface area contributed by atoms with Crippen LogP contribution in [0.3, 0.4) is 0 Å². The van der Waals surface area contributed by atoms with Gasteiger partial charge >= 0.3 is 0 Å². The predicted octanol–water partition coefficient (Wildman–Crippen LogP) is 3.09. The molecule has 0 unspecified atom stereocenters. The van der Waals surface area contributed by atoms with E-state index < -0.39 is 32.6 Å². The van der Waals surface area contributed by atoms with Gasteiger partial charge in [-0.05, 0) is 30.2 Å². The lowest BCUT2D eigenvalue weighted by Crippen LogP contribution is -2.32. The van der Waals surface area contributed by atoms with E-state index in [1.165, 1.54) is 0 Å². The first-order chi connectivity index (χ1) is 12.8. The molecule has 0 fully saturated rings. The van der Waals surface area contributed by atoms with Crippen LogP contribution in [0.5, 0.6) is 0 Å². The maximum atomic E-state index is 13.9. The molecular weight excluding hydrogens is 378 g/mol. The molecule has 7 nitrogen and oxygen atoms in total. The molecule has 0 bridgehead atoms. The van der Waals surface area contributed by atoms with Gasteiger partial charge in [0.25, 0.3) is 0 Å². The van der Waals surface area contributed by atoms with Crippen LogP contribution in [0.4, 0.5) is 8.78 Å². The zero-order chi connectivity index (χ0) is 19.6. The van der Waals surface area contributed by atoms with Crippen molar-refractivity contribution in [2.24, 2.45) is 5.92 Å². The Kier molecular flexibility index (Phi) is 5.29. The minimum absolute atomic E-state index is 0.0305. The molecule has 0 aliphatic carbocycles. The number of aromatic nitrogens is 3. The van der Waals surface area contributed by atoms with Gasteiger partial charge < -0.3 is 4.52 Å². The number of rotatable bonds is 6. The number of nitrogens with one attached hydrogen (secondary N) is 1. The van der Waals surface area contributed by atoms with Crippen molar-refractivity contribution in [2.45, 2.75) is 24.8 Å². The van der Waals surface area contributed by atoms with Crippen LogP contribution < -0.4 is 4.72 Å².